The lowest BCUT2D eigenvalue weighted by atomic mass is 10.1. The van der Waals surface area contributed by atoms with Crippen molar-refractivity contribution in [2.75, 3.05) is 37.8 Å². The summed E-state index contributed by atoms with van der Waals surface area (Å²) in [6.45, 7) is 0.942. The van der Waals surface area contributed by atoms with Crippen molar-refractivity contribution in [1.82, 2.24) is 19.6 Å². The number of carbonyl (C=O) groups excluding carboxylic acids is 1. The molecule has 0 aliphatic carbocycles. The standard InChI is InChI=1S/C26H28N6O3S2/c1-32(2)16-15-28-37(34,35)23-11-9-21(10-12-23)30-26-27-14-13-24(31-26)19-5-7-20(8-6-19)29-25(33)18-22-4-3-17-36-22/h3-14,17,28H,15-16,18H2,1-2H3,(H,29,33)(H,27,30,31). The average molecular weight is 537 g/mol. The van der Waals surface area contributed by atoms with E-state index in [0.29, 0.717) is 42.5 Å². The highest BCUT2D eigenvalue weighted by Gasteiger charge is 2.13. The van der Waals surface area contributed by atoms with Gasteiger partial charge >= 0.3 is 0 Å². The molecule has 2 heterocycles. The summed E-state index contributed by atoms with van der Waals surface area (Å²) in [4.78, 5) is 24.2. The van der Waals surface area contributed by atoms with Gasteiger partial charge in [-0.1, -0.05) is 18.2 Å². The van der Waals surface area contributed by atoms with Crippen molar-refractivity contribution < 1.29 is 13.2 Å². The second kappa shape index (κ2) is 12.1. The Kier molecular flexibility index (Phi) is 8.62. The second-order valence-electron chi connectivity index (χ2n) is 8.50. The minimum atomic E-state index is -3.57. The van der Waals surface area contributed by atoms with Crippen LogP contribution in [0.1, 0.15) is 4.88 Å². The third-order valence-corrected chi connectivity index (χ3v) is 7.66. The summed E-state index contributed by atoms with van der Waals surface area (Å²) in [7, 11) is 0.193. The van der Waals surface area contributed by atoms with Gasteiger partial charge in [-0.3, -0.25) is 4.79 Å². The molecule has 0 spiro atoms. The Hall–Kier alpha value is -3.64. The van der Waals surface area contributed by atoms with Gasteiger partial charge in [0.25, 0.3) is 0 Å². The first-order valence-electron chi connectivity index (χ1n) is 11.6. The van der Waals surface area contributed by atoms with Crippen LogP contribution >= 0.6 is 11.3 Å². The van der Waals surface area contributed by atoms with Crippen LogP contribution in [0.5, 0.6) is 0 Å². The Morgan fingerprint density at radius 1 is 0.973 bits per heavy atom. The van der Waals surface area contributed by atoms with E-state index in [2.05, 4.69) is 25.3 Å². The number of aromatic nitrogens is 2. The number of thiophene rings is 1. The number of rotatable bonds is 11. The molecule has 0 bridgehead atoms. The van der Waals surface area contributed by atoms with Gasteiger partial charge < -0.3 is 15.5 Å². The van der Waals surface area contributed by atoms with E-state index in [1.54, 1.807) is 35.7 Å². The number of hydrogen-bond acceptors (Lipinski definition) is 8. The molecule has 2 aromatic carbocycles. The van der Waals surface area contributed by atoms with Crippen molar-refractivity contribution in [1.29, 1.82) is 0 Å². The molecule has 192 valence electrons. The molecule has 4 aromatic rings. The van der Waals surface area contributed by atoms with Crippen molar-refractivity contribution in [3.05, 3.63) is 83.2 Å². The first-order valence-corrected chi connectivity index (χ1v) is 13.9. The van der Waals surface area contributed by atoms with Crippen LogP contribution < -0.4 is 15.4 Å². The van der Waals surface area contributed by atoms with Crippen molar-refractivity contribution in [3.63, 3.8) is 0 Å². The molecule has 0 fully saturated rings. The number of amides is 1. The highest BCUT2D eigenvalue weighted by molar-refractivity contribution is 7.89. The molecule has 11 heteroatoms. The summed E-state index contributed by atoms with van der Waals surface area (Å²) in [6.07, 6.45) is 2.00. The van der Waals surface area contributed by atoms with Crippen molar-refractivity contribution in [3.8, 4) is 11.3 Å². The van der Waals surface area contributed by atoms with Crippen LogP contribution in [-0.4, -0.2) is 56.4 Å². The minimum Gasteiger partial charge on any atom is -0.326 e. The zero-order valence-electron chi connectivity index (χ0n) is 20.5. The monoisotopic (exact) mass is 536 g/mol. The second-order valence-corrected chi connectivity index (χ2v) is 11.3. The molecule has 0 radical (unpaired) electrons. The van der Waals surface area contributed by atoms with Gasteiger partial charge in [0.1, 0.15) is 0 Å². The number of anilines is 3. The fraction of sp³-hybridized carbons (Fsp3) is 0.192. The van der Waals surface area contributed by atoms with Gasteiger partial charge in [0.15, 0.2) is 0 Å². The van der Waals surface area contributed by atoms with Crippen LogP contribution in [0.3, 0.4) is 0 Å². The zero-order chi connectivity index (χ0) is 26.3. The molecule has 1 amide bonds. The molecule has 9 nitrogen and oxygen atoms in total. The van der Waals surface area contributed by atoms with Crippen LogP contribution in [0.25, 0.3) is 11.3 Å². The van der Waals surface area contributed by atoms with Gasteiger partial charge in [-0.15, -0.1) is 11.3 Å². The molecule has 0 saturated carbocycles. The molecule has 0 unspecified atom stereocenters. The van der Waals surface area contributed by atoms with E-state index >= 15 is 0 Å². The minimum absolute atomic E-state index is 0.0631. The van der Waals surface area contributed by atoms with E-state index in [0.717, 1.165) is 10.4 Å². The summed E-state index contributed by atoms with van der Waals surface area (Å²) in [5.74, 6) is 0.317. The van der Waals surface area contributed by atoms with Gasteiger partial charge in [0.05, 0.1) is 17.0 Å². The number of likely N-dealkylation sites (N-methyl/N-ethyl adjacent to an activating group) is 1. The third-order valence-electron chi connectivity index (χ3n) is 5.31. The number of nitrogens with one attached hydrogen (secondary N) is 3. The van der Waals surface area contributed by atoms with E-state index in [4.69, 9.17) is 0 Å². The van der Waals surface area contributed by atoms with Crippen LogP contribution in [0, 0.1) is 0 Å². The Morgan fingerprint density at radius 2 is 1.70 bits per heavy atom. The molecule has 0 aliphatic heterocycles. The van der Waals surface area contributed by atoms with Crippen molar-refractivity contribution >= 4 is 44.6 Å². The molecule has 4 rings (SSSR count). The van der Waals surface area contributed by atoms with Gasteiger partial charge in [-0.05, 0) is 68.0 Å². The molecule has 3 N–H and O–H groups in total. The lowest BCUT2D eigenvalue weighted by molar-refractivity contribution is -0.115. The van der Waals surface area contributed by atoms with Crippen LogP contribution in [0.15, 0.2) is 83.2 Å². The molecule has 0 atom stereocenters. The van der Waals surface area contributed by atoms with Gasteiger partial charge in [-0.2, -0.15) is 0 Å². The number of hydrogen-bond donors (Lipinski definition) is 3. The number of carbonyl (C=O) groups is 1. The summed E-state index contributed by atoms with van der Waals surface area (Å²) >= 11 is 1.56. The Bertz CT molecular complexity index is 1420. The maximum absolute atomic E-state index is 12.4. The lowest BCUT2D eigenvalue weighted by Crippen LogP contribution is -2.31. The first kappa shape index (κ1) is 26.4. The topological polar surface area (TPSA) is 116 Å². The molecule has 0 aliphatic rings. The predicted molar refractivity (Wildman–Crippen MR) is 148 cm³/mol. The van der Waals surface area contributed by atoms with E-state index < -0.39 is 10.0 Å². The maximum atomic E-state index is 12.4. The summed E-state index contributed by atoms with van der Waals surface area (Å²) in [6, 6.07) is 19.5. The fourth-order valence-electron chi connectivity index (χ4n) is 3.41. The van der Waals surface area contributed by atoms with Crippen molar-refractivity contribution in [2.45, 2.75) is 11.3 Å². The van der Waals surface area contributed by atoms with E-state index in [9.17, 15) is 13.2 Å². The van der Waals surface area contributed by atoms with Gasteiger partial charge in [-0.25, -0.2) is 23.1 Å². The predicted octanol–water partition coefficient (Wildman–Crippen LogP) is 3.97. The van der Waals surface area contributed by atoms with Crippen LogP contribution in [-0.2, 0) is 21.2 Å². The Labute approximate surface area is 220 Å². The SMILES string of the molecule is CN(C)CCNS(=O)(=O)c1ccc(Nc2nccc(-c3ccc(NC(=O)Cc4cccs4)cc3)n2)cc1. The van der Waals surface area contributed by atoms with Crippen LogP contribution in [0.4, 0.5) is 17.3 Å². The number of benzene rings is 2. The summed E-state index contributed by atoms with van der Waals surface area (Å²) in [5.41, 5.74) is 2.95. The quantitative estimate of drug-likeness (QED) is 0.266. The average Bonchev–Trinajstić information content (AvgIpc) is 3.37. The first-order chi connectivity index (χ1) is 17.8. The normalized spacial score (nSPS) is 11.4. The Balaban J connectivity index is 1.37. The largest absolute Gasteiger partial charge is 0.326 e. The molecule has 0 saturated heterocycles. The molecule has 37 heavy (non-hydrogen) atoms. The molecular weight excluding hydrogens is 508 g/mol. The Morgan fingerprint density at radius 3 is 2.38 bits per heavy atom. The summed E-state index contributed by atoms with van der Waals surface area (Å²) in [5, 5.41) is 7.97. The highest BCUT2D eigenvalue weighted by atomic mass is 32.2. The summed E-state index contributed by atoms with van der Waals surface area (Å²) < 4.78 is 27.5. The zero-order valence-corrected chi connectivity index (χ0v) is 22.1. The molecular formula is C26H28N6O3S2. The highest BCUT2D eigenvalue weighted by Crippen LogP contribution is 2.22. The van der Waals surface area contributed by atoms with E-state index in [1.165, 1.54) is 12.1 Å². The van der Waals surface area contributed by atoms with Crippen molar-refractivity contribution in [2.24, 2.45) is 0 Å². The number of nitrogens with zero attached hydrogens (tertiary/aromatic N) is 3. The van der Waals surface area contributed by atoms with Gasteiger partial charge in [0.2, 0.25) is 21.9 Å². The smallest absolute Gasteiger partial charge is 0.240 e. The van der Waals surface area contributed by atoms with Gasteiger partial charge in [0, 0.05) is 41.1 Å². The number of sulfonamides is 1. The lowest BCUT2D eigenvalue weighted by Gasteiger charge is -2.11. The van der Waals surface area contributed by atoms with E-state index in [1.807, 2.05) is 60.8 Å². The third kappa shape index (κ3) is 7.67. The van der Waals surface area contributed by atoms with Crippen LogP contribution in [0.2, 0.25) is 0 Å². The van der Waals surface area contributed by atoms with E-state index in [-0.39, 0.29) is 10.8 Å². The fourth-order valence-corrected chi connectivity index (χ4v) is 5.14. The molecule has 2 aromatic heterocycles. The maximum Gasteiger partial charge on any atom is 0.240 e.